The van der Waals surface area contributed by atoms with Crippen molar-refractivity contribution in [2.24, 2.45) is 0 Å². The number of hydrogen-bond acceptors (Lipinski definition) is 3. The monoisotopic (exact) mass is 494 g/mol. The summed E-state index contributed by atoms with van der Waals surface area (Å²) in [6.45, 7) is 5.10. The lowest BCUT2D eigenvalue weighted by Gasteiger charge is -2.07. The largest absolute Gasteiger partial charge is 0.466 e. The topological polar surface area (TPSA) is 46.5 Å². The number of aliphatic hydroxyl groups is 1. The van der Waals surface area contributed by atoms with E-state index in [1.54, 1.807) is 0 Å². The van der Waals surface area contributed by atoms with E-state index in [0.717, 1.165) is 44.9 Å². The molecule has 0 bridgehead atoms. The van der Waals surface area contributed by atoms with E-state index in [4.69, 9.17) is 4.74 Å². The van der Waals surface area contributed by atoms with Gasteiger partial charge in [0.15, 0.2) is 0 Å². The highest BCUT2D eigenvalue weighted by Gasteiger charge is 2.03. The molecule has 0 saturated heterocycles. The van der Waals surface area contributed by atoms with Crippen LogP contribution in [0.5, 0.6) is 0 Å². The van der Waals surface area contributed by atoms with Crippen molar-refractivity contribution in [1.29, 1.82) is 0 Å². The summed E-state index contributed by atoms with van der Waals surface area (Å²) < 4.78 is 5.39. The number of hydrogen-bond donors (Lipinski definition) is 1. The Labute approximate surface area is 219 Å². The molecule has 1 N–H and O–H groups in total. The van der Waals surface area contributed by atoms with Gasteiger partial charge < -0.3 is 9.84 Å². The van der Waals surface area contributed by atoms with Gasteiger partial charge in [-0.3, -0.25) is 4.79 Å². The Hall–Kier alpha value is -0.830. The predicted molar refractivity (Wildman–Crippen MR) is 153 cm³/mol. The van der Waals surface area contributed by atoms with E-state index in [1.165, 1.54) is 109 Å². The number of ether oxygens (including phenoxy) is 1. The summed E-state index contributed by atoms with van der Waals surface area (Å²) in [5.41, 5.74) is 0. The van der Waals surface area contributed by atoms with Crippen molar-refractivity contribution in [3.05, 3.63) is 12.2 Å². The molecule has 0 aliphatic heterocycles. The number of allylic oxidation sites excluding steroid dienone is 1. The van der Waals surface area contributed by atoms with Crippen LogP contribution in [0.25, 0.3) is 0 Å². The first kappa shape index (κ1) is 34.2. The number of aliphatic hydroxyl groups excluding tert-OH is 1. The first-order chi connectivity index (χ1) is 17.2. The molecule has 0 unspecified atom stereocenters. The molecule has 0 saturated carbocycles. The number of rotatable bonds is 28. The Morgan fingerprint density at radius 3 is 1.71 bits per heavy atom. The highest BCUT2D eigenvalue weighted by Crippen LogP contribution is 2.13. The molecule has 0 aliphatic carbocycles. The van der Waals surface area contributed by atoms with Gasteiger partial charge >= 0.3 is 5.97 Å². The van der Waals surface area contributed by atoms with Crippen LogP contribution in [0.3, 0.4) is 0 Å². The lowest BCUT2D eigenvalue weighted by molar-refractivity contribution is -0.143. The molecule has 1 atom stereocenters. The Bertz CT molecular complexity index is 446. The zero-order valence-corrected chi connectivity index (χ0v) is 23.9. The molecule has 208 valence electrons. The molecule has 0 heterocycles. The van der Waals surface area contributed by atoms with E-state index >= 15 is 0 Å². The summed E-state index contributed by atoms with van der Waals surface area (Å²) in [4.78, 5) is 11.9. The number of carbonyl (C=O) groups is 1. The van der Waals surface area contributed by atoms with Gasteiger partial charge in [0.2, 0.25) is 0 Å². The maximum absolute atomic E-state index is 11.9. The van der Waals surface area contributed by atoms with Gasteiger partial charge in [0.25, 0.3) is 0 Å². The quantitative estimate of drug-likeness (QED) is 0.0668. The highest BCUT2D eigenvalue weighted by molar-refractivity contribution is 5.69. The molecule has 0 spiro atoms. The summed E-state index contributed by atoms with van der Waals surface area (Å²) in [5, 5.41) is 9.96. The average Bonchev–Trinajstić information content (AvgIpc) is 2.85. The van der Waals surface area contributed by atoms with Gasteiger partial charge in [-0.1, -0.05) is 142 Å². The fraction of sp³-hybridized carbons (Fsp3) is 0.906. The molecular formula is C32H62O3. The third kappa shape index (κ3) is 29.3. The van der Waals surface area contributed by atoms with Crippen molar-refractivity contribution in [3.8, 4) is 0 Å². The lowest BCUT2D eigenvalue weighted by atomic mass is 10.1. The van der Waals surface area contributed by atoms with Gasteiger partial charge in [0.1, 0.15) is 0 Å². The zero-order valence-electron chi connectivity index (χ0n) is 23.9. The normalized spacial score (nSPS) is 12.4. The van der Waals surface area contributed by atoms with Gasteiger partial charge in [-0.2, -0.15) is 0 Å². The molecule has 0 radical (unpaired) electrons. The van der Waals surface area contributed by atoms with Crippen LogP contribution < -0.4 is 0 Å². The molecule has 0 aromatic rings. The van der Waals surface area contributed by atoms with Crippen LogP contribution in [0.2, 0.25) is 0 Å². The Morgan fingerprint density at radius 1 is 0.629 bits per heavy atom. The van der Waals surface area contributed by atoms with Crippen molar-refractivity contribution in [2.75, 3.05) is 6.61 Å². The van der Waals surface area contributed by atoms with Crippen LogP contribution >= 0.6 is 0 Å². The molecule has 0 aromatic heterocycles. The minimum atomic E-state index is -0.164. The van der Waals surface area contributed by atoms with Crippen LogP contribution in [0, 0.1) is 0 Å². The van der Waals surface area contributed by atoms with Crippen molar-refractivity contribution in [3.63, 3.8) is 0 Å². The lowest BCUT2D eigenvalue weighted by Crippen LogP contribution is -2.05. The third-order valence-corrected chi connectivity index (χ3v) is 6.98. The molecule has 0 aromatic carbocycles. The molecule has 3 heteroatoms. The Balaban J connectivity index is 3.27. The van der Waals surface area contributed by atoms with Crippen molar-refractivity contribution in [2.45, 2.75) is 180 Å². The smallest absolute Gasteiger partial charge is 0.305 e. The van der Waals surface area contributed by atoms with Crippen molar-refractivity contribution >= 4 is 5.97 Å². The van der Waals surface area contributed by atoms with Crippen LogP contribution in [0.15, 0.2) is 12.2 Å². The van der Waals surface area contributed by atoms with Crippen LogP contribution in [-0.4, -0.2) is 23.8 Å². The van der Waals surface area contributed by atoms with E-state index in [-0.39, 0.29) is 12.1 Å². The first-order valence-corrected chi connectivity index (χ1v) is 15.7. The summed E-state index contributed by atoms with van der Waals surface area (Å²) in [6.07, 6.45) is 34.2. The minimum absolute atomic E-state index is 0.00995. The molecule has 0 rings (SSSR count). The summed E-state index contributed by atoms with van der Waals surface area (Å²) in [6, 6.07) is 0. The van der Waals surface area contributed by atoms with Gasteiger partial charge in [-0.05, 0) is 38.5 Å². The third-order valence-electron chi connectivity index (χ3n) is 6.98. The number of unbranched alkanes of at least 4 members (excludes halogenated alkanes) is 19. The van der Waals surface area contributed by atoms with Gasteiger partial charge in [0.05, 0.1) is 12.7 Å². The van der Waals surface area contributed by atoms with E-state index in [0.29, 0.717) is 13.0 Å². The standard InChI is InChI=1S/C32H62O3/c1-3-5-7-9-10-11-12-13-16-19-22-26-30-35-32(34)29-25-21-18-15-14-17-20-24-28-31(33)27-23-8-6-4-2/h20,24,31,33H,3-19,21-23,25-30H2,1-2H3/b24-20-/t31-/m1/s1. The Kier molecular flexibility index (Phi) is 28.7. The molecule has 3 nitrogen and oxygen atoms in total. The van der Waals surface area contributed by atoms with E-state index in [2.05, 4.69) is 26.0 Å². The van der Waals surface area contributed by atoms with Crippen LogP contribution in [0.1, 0.15) is 174 Å². The predicted octanol–water partition coefficient (Wildman–Crippen LogP) is 10.2. The van der Waals surface area contributed by atoms with Gasteiger partial charge in [-0.25, -0.2) is 0 Å². The van der Waals surface area contributed by atoms with E-state index in [9.17, 15) is 9.90 Å². The van der Waals surface area contributed by atoms with E-state index in [1.807, 2.05) is 0 Å². The zero-order chi connectivity index (χ0) is 25.7. The second kappa shape index (κ2) is 29.4. The fourth-order valence-electron chi connectivity index (χ4n) is 4.56. The Morgan fingerprint density at radius 2 is 1.11 bits per heavy atom. The van der Waals surface area contributed by atoms with Crippen LogP contribution in [-0.2, 0) is 9.53 Å². The SMILES string of the molecule is CCCCCCCCCCCCCCOC(=O)CCCCCCC/C=C\C[C@H](O)CCCCCC. The van der Waals surface area contributed by atoms with Crippen molar-refractivity contribution < 1.29 is 14.6 Å². The summed E-state index contributed by atoms with van der Waals surface area (Å²) >= 11 is 0. The average molecular weight is 495 g/mol. The highest BCUT2D eigenvalue weighted by atomic mass is 16.5. The summed E-state index contributed by atoms with van der Waals surface area (Å²) in [5.74, 6) is -0.00995. The van der Waals surface area contributed by atoms with Gasteiger partial charge in [0, 0.05) is 6.42 Å². The van der Waals surface area contributed by atoms with Crippen molar-refractivity contribution in [1.82, 2.24) is 0 Å². The van der Waals surface area contributed by atoms with Crippen LogP contribution in [0.4, 0.5) is 0 Å². The maximum atomic E-state index is 11.9. The fourth-order valence-corrected chi connectivity index (χ4v) is 4.56. The maximum Gasteiger partial charge on any atom is 0.305 e. The second-order valence-corrected chi connectivity index (χ2v) is 10.6. The minimum Gasteiger partial charge on any atom is -0.466 e. The molecular weight excluding hydrogens is 432 g/mol. The molecule has 0 aliphatic rings. The molecule has 0 amide bonds. The van der Waals surface area contributed by atoms with E-state index < -0.39 is 0 Å². The molecule has 0 fully saturated rings. The number of carbonyl (C=O) groups excluding carboxylic acids is 1. The second-order valence-electron chi connectivity index (χ2n) is 10.6. The molecule has 35 heavy (non-hydrogen) atoms. The summed E-state index contributed by atoms with van der Waals surface area (Å²) in [7, 11) is 0. The first-order valence-electron chi connectivity index (χ1n) is 15.7. The van der Waals surface area contributed by atoms with Gasteiger partial charge in [-0.15, -0.1) is 0 Å². The number of esters is 1.